The van der Waals surface area contributed by atoms with Gasteiger partial charge in [-0.25, -0.2) is 0 Å². The van der Waals surface area contributed by atoms with Crippen LogP contribution in [0.15, 0.2) is 54.6 Å². The molecule has 2 aromatic rings. The fourth-order valence-electron chi connectivity index (χ4n) is 4.40. The number of carbonyl (C=O) groups excluding carboxylic acids is 1. The maximum Gasteiger partial charge on any atom is 0.282 e. The number of rotatable bonds is 7. The second kappa shape index (κ2) is 9.61. The van der Waals surface area contributed by atoms with Crippen LogP contribution in [0.4, 0.5) is 4.79 Å². The zero-order valence-corrected chi connectivity index (χ0v) is 18.5. The van der Waals surface area contributed by atoms with Gasteiger partial charge in [-0.2, -0.15) is 0 Å². The number of aliphatic hydroxyl groups excluding tert-OH is 1. The van der Waals surface area contributed by atoms with Crippen molar-refractivity contribution in [3.8, 4) is 5.75 Å². The zero-order chi connectivity index (χ0) is 21.8. The van der Waals surface area contributed by atoms with Gasteiger partial charge in [-0.05, 0) is 42.5 Å². The minimum absolute atomic E-state index is 0.0845. The van der Waals surface area contributed by atoms with Gasteiger partial charge in [0.05, 0.1) is 25.4 Å². The molecule has 4 rings (SSSR count). The molecule has 2 heterocycles. The number of benzene rings is 2. The summed E-state index contributed by atoms with van der Waals surface area (Å²) in [6.07, 6.45) is 1.17. The average molecular weight is 444 g/mol. The van der Waals surface area contributed by atoms with Crippen molar-refractivity contribution in [2.75, 3.05) is 12.9 Å². The molecule has 4 atom stereocenters. The quantitative estimate of drug-likeness (QED) is 0.681. The van der Waals surface area contributed by atoms with Crippen LogP contribution in [-0.2, 0) is 17.7 Å². The highest BCUT2D eigenvalue weighted by molar-refractivity contribution is 8.13. The van der Waals surface area contributed by atoms with Crippen LogP contribution in [-0.4, -0.2) is 57.3 Å². The molecule has 0 aliphatic carbocycles. The Morgan fingerprint density at radius 3 is 2.61 bits per heavy atom. The number of ether oxygens (including phenoxy) is 2. The summed E-state index contributed by atoms with van der Waals surface area (Å²) in [5.41, 5.74) is 2.14. The molecule has 0 radical (unpaired) electrons. The highest BCUT2D eigenvalue weighted by atomic mass is 32.2. The Hall–Kier alpha value is -2.06. The van der Waals surface area contributed by atoms with E-state index >= 15 is 0 Å². The minimum atomic E-state index is -1.56. The monoisotopic (exact) mass is 443 g/mol. The Bertz CT molecular complexity index is 877. The van der Waals surface area contributed by atoms with Gasteiger partial charge in [-0.1, -0.05) is 54.2 Å². The van der Waals surface area contributed by atoms with Crippen molar-refractivity contribution in [3.05, 3.63) is 65.7 Å². The fraction of sp³-hybridized carbons (Fsp3) is 0.458. The molecule has 7 heteroatoms. The third-order valence-electron chi connectivity index (χ3n) is 6.04. The van der Waals surface area contributed by atoms with E-state index in [-0.39, 0.29) is 17.8 Å². The van der Waals surface area contributed by atoms with Crippen LogP contribution >= 0.6 is 11.8 Å². The summed E-state index contributed by atoms with van der Waals surface area (Å²) in [5, 5.41) is 21.9. The maximum atomic E-state index is 12.6. The van der Waals surface area contributed by atoms with Crippen LogP contribution in [0.25, 0.3) is 0 Å². The molecule has 0 saturated carbocycles. The first-order valence-electron chi connectivity index (χ1n) is 10.7. The van der Waals surface area contributed by atoms with E-state index in [1.807, 2.05) is 42.5 Å². The minimum Gasteiger partial charge on any atom is -0.497 e. The molecule has 0 bridgehead atoms. The molecule has 1 unspecified atom stereocenters. The molecule has 2 aliphatic heterocycles. The summed E-state index contributed by atoms with van der Waals surface area (Å²) < 4.78 is 11.4. The van der Waals surface area contributed by atoms with E-state index in [2.05, 4.69) is 12.1 Å². The van der Waals surface area contributed by atoms with Crippen molar-refractivity contribution >= 4 is 17.0 Å². The molecule has 0 spiro atoms. The van der Waals surface area contributed by atoms with Gasteiger partial charge in [0.1, 0.15) is 5.75 Å². The van der Waals surface area contributed by atoms with E-state index in [0.29, 0.717) is 25.1 Å². The van der Waals surface area contributed by atoms with Crippen molar-refractivity contribution < 1.29 is 24.5 Å². The molecule has 2 fully saturated rings. The molecule has 6 nitrogen and oxygen atoms in total. The molecule has 31 heavy (non-hydrogen) atoms. The number of methoxy groups -OCH3 is 1. The normalized spacial score (nSPS) is 28.7. The summed E-state index contributed by atoms with van der Waals surface area (Å²) in [4.78, 5) is 14.3. The Balaban J connectivity index is 1.46. The van der Waals surface area contributed by atoms with Crippen molar-refractivity contribution in [1.29, 1.82) is 0 Å². The maximum absolute atomic E-state index is 12.6. The predicted octanol–water partition coefficient (Wildman–Crippen LogP) is 3.59. The first-order valence-corrected chi connectivity index (χ1v) is 11.6. The van der Waals surface area contributed by atoms with Gasteiger partial charge in [-0.3, -0.25) is 4.79 Å². The zero-order valence-electron chi connectivity index (χ0n) is 17.6. The number of carbonyl (C=O) groups is 1. The lowest BCUT2D eigenvalue weighted by Gasteiger charge is -2.45. The number of thioether (sulfide) groups is 1. The fourth-order valence-corrected chi connectivity index (χ4v) is 5.50. The topological polar surface area (TPSA) is 79.2 Å². The van der Waals surface area contributed by atoms with Crippen LogP contribution in [0.3, 0.4) is 0 Å². The van der Waals surface area contributed by atoms with Gasteiger partial charge in [0.25, 0.3) is 5.24 Å². The molecule has 2 saturated heterocycles. The lowest BCUT2D eigenvalue weighted by Crippen LogP contribution is -2.59. The third-order valence-corrected chi connectivity index (χ3v) is 7.00. The second-order valence-electron chi connectivity index (χ2n) is 8.27. The number of amides is 1. The van der Waals surface area contributed by atoms with Crippen LogP contribution in [0, 0.1) is 0 Å². The van der Waals surface area contributed by atoms with E-state index in [1.54, 1.807) is 12.0 Å². The van der Waals surface area contributed by atoms with E-state index in [0.717, 1.165) is 17.7 Å². The predicted molar refractivity (Wildman–Crippen MR) is 120 cm³/mol. The number of hydrogen-bond acceptors (Lipinski definition) is 6. The Morgan fingerprint density at radius 1 is 1.16 bits per heavy atom. The standard InChI is InChI=1S/C24H29NO5S/c1-29-20-10-8-18(9-11-20)15-25-22(16-31-23(25)27)24(28)14-19(26)13-21(30-24)12-7-17-5-3-2-4-6-17/h2-6,8-11,19,21-22,26,28H,7,12-16H2,1H3/t19-,21-,22?,24-/m1/s1. The van der Waals surface area contributed by atoms with Crippen molar-refractivity contribution in [3.63, 3.8) is 0 Å². The summed E-state index contributed by atoms with van der Waals surface area (Å²) in [5.74, 6) is -0.380. The highest BCUT2D eigenvalue weighted by Gasteiger charge is 2.51. The number of nitrogens with zero attached hydrogens (tertiary/aromatic N) is 1. The largest absolute Gasteiger partial charge is 0.497 e. The third kappa shape index (κ3) is 5.23. The molecule has 166 valence electrons. The van der Waals surface area contributed by atoms with E-state index < -0.39 is 17.9 Å². The Labute approximate surface area is 187 Å². The number of aliphatic hydroxyl groups is 2. The summed E-state index contributed by atoms with van der Waals surface area (Å²) in [7, 11) is 1.61. The van der Waals surface area contributed by atoms with Crippen molar-refractivity contribution in [1.82, 2.24) is 4.90 Å². The SMILES string of the molecule is COc1ccc(CN2C(=O)SCC2[C@@]2(O)C[C@H](O)C[C@@H](CCc3ccccc3)O2)cc1. The molecular weight excluding hydrogens is 414 g/mol. The molecular formula is C24H29NO5S. The van der Waals surface area contributed by atoms with E-state index in [4.69, 9.17) is 9.47 Å². The number of hydrogen-bond donors (Lipinski definition) is 2. The van der Waals surface area contributed by atoms with Gasteiger partial charge >= 0.3 is 0 Å². The summed E-state index contributed by atoms with van der Waals surface area (Å²) in [6, 6.07) is 17.1. The Kier molecular flexibility index (Phi) is 6.86. The van der Waals surface area contributed by atoms with Crippen LogP contribution in [0.5, 0.6) is 5.75 Å². The Morgan fingerprint density at radius 2 is 1.90 bits per heavy atom. The van der Waals surface area contributed by atoms with Gasteiger partial charge < -0.3 is 24.6 Å². The van der Waals surface area contributed by atoms with Gasteiger partial charge in [0.15, 0.2) is 5.79 Å². The van der Waals surface area contributed by atoms with Crippen LogP contribution in [0.2, 0.25) is 0 Å². The van der Waals surface area contributed by atoms with E-state index in [1.165, 1.54) is 17.3 Å². The number of aryl methyl sites for hydroxylation is 1. The van der Waals surface area contributed by atoms with Crippen LogP contribution < -0.4 is 4.74 Å². The molecule has 2 N–H and O–H groups in total. The first kappa shape index (κ1) is 22.1. The lowest BCUT2D eigenvalue weighted by molar-refractivity contribution is -0.292. The molecule has 0 aromatic heterocycles. The van der Waals surface area contributed by atoms with Gasteiger partial charge in [-0.15, -0.1) is 0 Å². The van der Waals surface area contributed by atoms with Crippen molar-refractivity contribution in [2.45, 2.75) is 56.3 Å². The van der Waals surface area contributed by atoms with Gasteiger partial charge in [0.2, 0.25) is 0 Å². The summed E-state index contributed by atoms with van der Waals surface area (Å²) in [6.45, 7) is 0.372. The smallest absolute Gasteiger partial charge is 0.282 e. The molecule has 1 amide bonds. The van der Waals surface area contributed by atoms with Crippen molar-refractivity contribution in [2.24, 2.45) is 0 Å². The molecule has 2 aromatic carbocycles. The highest BCUT2D eigenvalue weighted by Crippen LogP contribution is 2.40. The lowest BCUT2D eigenvalue weighted by atomic mass is 9.90. The molecule has 2 aliphatic rings. The second-order valence-corrected chi connectivity index (χ2v) is 9.24. The summed E-state index contributed by atoms with van der Waals surface area (Å²) >= 11 is 1.19. The first-order chi connectivity index (χ1) is 15.0. The average Bonchev–Trinajstić information content (AvgIpc) is 3.14. The van der Waals surface area contributed by atoms with Crippen LogP contribution in [0.1, 0.15) is 30.4 Å². The van der Waals surface area contributed by atoms with E-state index in [9.17, 15) is 15.0 Å². The van der Waals surface area contributed by atoms with Gasteiger partial charge in [0, 0.05) is 18.7 Å².